The van der Waals surface area contributed by atoms with Crippen LogP contribution in [0.25, 0.3) is 274 Å². The van der Waals surface area contributed by atoms with E-state index in [1.807, 2.05) is 0 Å². The van der Waals surface area contributed by atoms with E-state index in [1.165, 1.54) is 279 Å². The first kappa shape index (κ1) is 86.1. The molecule has 2 aromatic heterocycles. The number of hydrogen-bond donors (Lipinski definition) is 0. The van der Waals surface area contributed by atoms with Gasteiger partial charge in [-0.05, 0) is 291 Å². The number of fused-ring (bicyclic) bond motifs is 20. The summed E-state index contributed by atoms with van der Waals surface area (Å²) < 4.78 is 4.86. The van der Waals surface area contributed by atoms with Crippen LogP contribution in [0.5, 0.6) is 0 Å². The maximum Gasteiger partial charge on any atom is 0.0619 e. The molecule has 29 aromatic rings. The van der Waals surface area contributed by atoms with E-state index in [1.54, 1.807) is 0 Å². The normalized spacial score (nSPS) is 12.2. The quantitative estimate of drug-likeness (QED) is 0.114. The number of benzene rings is 27. The van der Waals surface area contributed by atoms with Gasteiger partial charge in [-0.3, -0.25) is 0 Å². The van der Waals surface area contributed by atoms with Crippen molar-refractivity contribution in [2.75, 3.05) is 0 Å². The van der Waals surface area contributed by atoms with Crippen LogP contribution in [0.3, 0.4) is 0 Å². The molecule has 0 saturated heterocycles. The highest BCUT2D eigenvalue weighted by atomic mass is 15.0. The lowest BCUT2D eigenvalue weighted by Gasteiger charge is -2.24. The Morgan fingerprint density at radius 1 is 0.143 bits per heavy atom. The molecule has 1 aliphatic rings. The van der Waals surface area contributed by atoms with Crippen LogP contribution in [-0.4, -0.2) is 9.13 Å². The first-order chi connectivity index (χ1) is 72.8. The van der Waals surface area contributed by atoms with Gasteiger partial charge in [-0.1, -0.05) is 493 Å². The predicted molar refractivity (Wildman–Crippen MR) is 630 cm³/mol. The van der Waals surface area contributed by atoms with Crippen molar-refractivity contribution < 1.29 is 0 Å². The van der Waals surface area contributed by atoms with Crippen molar-refractivity contribution in [3.05, 3.63) is 557 Å². The summed E-state index contributed by atoms with van der Waals surface area (Å²) in [6, 6.07) is 201. The molecular weight excluding hydrogens is 1770 g/mol. The Bertz CT molecular complexity index is 10200. The average Bonchev–Trinajstić information content (AvgIpc) is 1.66. The third kappa shape index (κ3) is 14.1. The molecule has 0 aliphatic heterocycles. The highest BCUT2D eigenvalue weighted by molar-refractivity contribution is 6.32. The largest absolute Gasteiger partial charge is 0.309 e. The zero-order valence-electron chi connectivity index (χ0n) is 81.4. The van der Waals surface area contributed by atoms with E-state index in [4.69, 9.17) is 0 Å². The van der Waals surface area contributed by atoms with Gasteiger partial charge in [0, 0.05) is 43.9 Å². The molecule has 1 aliphatic carbocycles. The summed E-state index contributed by atoms with van der Waals surface area (Å²) in [6.45, 7) is 4.78. The van der Waals surface area contributed by atoms with Gasteiger partial charge in [-0.15, -0.1) is 0 Å². The number of rotatable bonds is 11. The van der Waals surface area contributed by atoms with Crippen LogP contribution < -0.4 is 0 Å². The Labute approximate surface area is 853 Å². The number of para-hydroxylation sites is 5. The van der Waals surface area contributed by atoms with Crippen molar-refractivity contribution in [2.45, 2.75) is 19.3 Å². The molecule has 0 spiro atoms. The molecule has 2 nitrogen and oxygen atoms in total. The molecule has 0 fully saturated rings. The van der Waals surface area contributed by atoms with E-state index in [9.17, 15) is 0 Å². The van der Waals surface area contributed by atoms with Gasteiger partial charge in [0.05, 0.1) is 22.1 Å². The predicted octanol–water partition coefficient (Wildman–Crippen LogP) is 40.1. The van der Waals surface area contributed by atoms with Gasteiger partial charge in [0.25, 0.3) is 0 Å². The van der Waals surface area contributed by atoms with Crippen molar-refractivity contribution in [3.63, 3.8) is 0 Å². The Morgan fingerprint density at radius 2 is 0.415 bits per heavy atom. The number of aromatic nitrogens is 2. The fraction of sp³-hybridized carbons (Fsp3) is 0.0207. The third-order valence-corrected chi connectivity index (χ3v) is 31.4. The van der Waals surface area contributed by atoms with E-state index < -0.39 is 0 Å². The maximum atomic E-state index is 2.52. The second-order valence-electron chi connectivity index (χ2n) is 39.7. The second kappa shape index (κ2) is 35.4. The standard InChI is InChI=1S/C49H34.2C48H31N/c1-49(2)44-26-13-12-24-41(44)48-35-19-7-6-18-34(35)43(30-45(48)49)47-38-22-10-8-20-36(38)46(37-21-9-11-23-39(37)47)40-25-14-17-32-27-28-33(29-42(32)40)31-15-4-3-5-16-31;1-3-15-32(16-4-1)34-30-29-33-17-13-25-41(44(33)31-34)46-37-21-7-9-23-39(37)47(40-24-10-8-22-38(40)46)43-27-14-26-42-36-20-11-12-28-45(36)49(48(42)43)35-18-5-2-6-19-35;1-3-15-32(16-4-1)34-30-29-33-17-13-25-40(43(33)31-34)46-36-20-7-9-22-38(36)47(39-23-10-8-21-37(39)46)42-26-14-28-45-48(42)41-24-11-12-27-44(41)49(45)35-18-5-2-6-19-35/h3-30H,1-2H3;2*1-31H. The Kier molecular flexibility index (Phi) is 20.7. The van der Waals surface area contributed by atoms with Gasteiger partial charge in [0.2, 0.25) is 0 Å². The van der Waals surface area contributed by atoms with Gasteiger partial charge in [0.15, 0.2) is 0 Å². The summed E-state index contributed by atoms with van der Waals surface area (Å²) >= 11 is 0. The lowest BCUT2D eigenvalue weighted by atomic mass is 9.79. The van der Waals surface area contributed by atoms with Crippen LogP contribution in [0, 0.1) is 0 Å². The van der Waals surface area contributed by atoms with Crippen LogP contribution in [0.15, 0.2) is 546 Å². The number of nitrogens with zero attached hydrogens (tertiary/aromatic N) is 2. The molecule has 0 amide bonds. The second-order valence-corrected chi connectivity index (χ2v) is 39.7. The molecule has 30 rings (SSSR count). The minimum absolute atomic E-state index is 0.102. The zero-order valence-corrected chi connectivity index (χ0v) is 81.4. The summed E-state index contributed by atoms with van der Waals surface area (Å²) in [6.07, 6.45) is 0. The molecule has 0 N–H and O–H groups in total. The molecular formula is C145H96N2. The molecule has 0 bridgehead atoms. The molecule has 0 radical (unpaired) electrons. The van der Waals surface area contributed by atoms with E-state index >= 15 is 0 Å². The Morgan fingerprint density at radius 3 is 0.830 bits per heavy atom. The highest BCUT2D eigenvalue weighted by Gasteiger charge is 2.38. The van der Waals surface area contributed by atoms with E-state index in [0.717, 1.165) is 5.69 Å². The SMILES string of the molecule is CC1(C)c2ccccc2-c2c1cc(-c1c3ccccc3c(-c3cccc4ccc(-c5ccccc5)cc34)c3ccccc13)c1ccccc21.c1ccc(-c2ccc3cccc(-c4c5ccccc5c(-c5cccc6c5c5ccccc5n6-c5ccccc5)c5ccccc45)c3c2)cc1.c1ccc(-c2ccc3cccc(-c4c5ccccc5c(-c5cccc6c7ccccc7n(-c7ccccc7)c56)c5ccccc45)c3c2)cc1. The molecule has 147 heavy (non-hydrogen) atoms. The van der Waals surface area contributed by atoms with Gasteiger partial charge < -0.3 is 9.13 Å². The smallest absolute Gasteiger partial charge is 0.0619 e. The summed E-state index contributed by atoms with van der Waals surface area (Å²) in [5, 5.41) is 30.4. The summed E-state index contributed by atoms with van der Waals surface area (Å²) in [7, 11) is 0. The van der Waals surface area contributed by atoms with Crippen LogP contribution in [-0.2, 0) is 5.41 Å². The fourth-order valence-corrected chi connectivity index (χ4v) is 24.9. The lowest BCUT2D eigenvalue weighted by molar-refractivity contribution is 0.661. The van der Waals surface area contributed by atoms with E-state index in [-0.39, 0.29) is 5.41 Å². The third-order valence-electron chi connectivity index (χ3n) is 31.4. The summed E-state index contributed by atoms with van der Waals surface area (Å²) in [4.78, 5) is 0. The molecule has 2 heteroatoms. The monoisotopic (exact) mass is 1860 g/mol. The van der Waals surface area contributed by atoms with Crippen LogP contribution in [0.4, 0.5) is 0 Å². The van der Waals surface area contributed by atoms with Gasteiger partial charge in [0.1, 0.15) is 0 Å². The molecule has 0 saturated carbocycles. The van der Waals surface area contributed by atoms with Crippen LogP contribution in [0.2, 0.25) is 0 Å². The average molecular weight is 1870 g/mol. The summed E-state index contributed by atoms with van der Waals surface area (Å²) in [5.41, 5.74) is 35.3. The minimum Gasteiger partial charge on any atom is -0.309 e. The summed E-state index contributed by atoms with van der Waals surface area (Å²) in [5.74, 6) is 0. The molecule has 2 heterocycles. The molecule has 0 atom stereocenters. The first-order valence-corrected chi connectivity index (χ1v) is 51.2. The lowest BCUT2D eigenvalue weighted by Crippen LogP contribution is -2.15. The molecule has 0 unspecified atom stereocenters. The van der Waals surface area contributed by atoms with Gasteiger partial charge in [-0.2, -0.15) is 0 Å². The molecule has 27 aromatic carbocycles. The van der Waals surface area contributed by atoms with Gasteiger partial charge >= 0.3 is 0 Å². The zero-order chi connectivity index (χ0) is 97.3. The Balaban J connectivity index is 0.000000107. The van der Waals surface area contributed by atoms with Crippen molar-refractivity contribution in [3.8, 4) is 123 Å². The van der Waals surface area contributed by atoms with E-state index in [0.29, 0.717) is 0 Å². The van der Waals surface area contributed by atoms with E-state index in [2.05, 4.69) is 569 Å². The van der Waals surface area contributed by atoms with Crippen molar-refractivity contribution in [1.82, 2.24) is 9.13 Å². The van der Waals surface area contributed by atoms with Crippen molar-refractivity contribution in [1.29, 1.82) is 0 Å². The fourth-order valence-electron chi connectivity index (χ4n) is 24.9. The topological polar surface area (TPSA) is 9.86 Å². The van der Waals surface area contributed by atoms with Crippen molar-refractivity contribution >= 4 is 151 Å². The Hall–Kier alpha value is -18.9. The maximum absolute atomic E-state index is 2.52. The van der Waals surface area contributed by atoms with Crippen LogP contribution in [0.1, 0.15) is 25.0 Å². The van der Waals surface area contributed by atoms with Gasteiger partial charge in [-0.25, -0.2) is 0 Å². The minimum atomic E-state index is -0.102. The number of hydrogen-bond acceptors (Lipinski definition) is 0. The van der Waals surface area contributed by atoms with Crippen molar-refractivity contribution in [2.24, 2.45) is 0 Å². The van der Waals surface area contributed by atoms with Crippen LogP contribution >= 0.6 is 0 Å². The first-order valence-electron chi connectivity index (χ1n) is 51.2. The molecule has 686 valence electrons. The highest BCUT2D eigenvalue weighted by Crippen LogP contribution is 2.58.